The molecule has 148 valence electrons. The molecule has 0 atom stereocenters. The Morgan fingerprint density at radius 1 is 0.867 bits per heavy atom. The van der Waals surface area contributed by atoms with E-state index in [1.807, 2.05) is 6.07 Å². The Labute approximate surface area is 170 Å². The van der Waals surface area contributed by atoms with Gasteiger partial charge in [0.1, 0.15) is 5.75 Å². The minimum absolute atomic E-state index is 0.0885. The van der Waals surface area contributed by atoms with Crippen molar-refractivity contribution in [2.75, 3.05) is 5.32 Å². The number of ether oxygens (including phenoxy) is 1. The van der Waals surface area contributed by atoms with Crippen LogP contribution >= 0.6 is 0 Å². The summed E-state index contributed by atoms with van der Waals surface area (Å²) in [5, 5.41) is 30.0. The first-order chi connectivity index (χ1) is 14.4. The van der Waals surface area contributed by atoms with Crippen LogP contribution in [-0.2, 0) is 0 Å². The Hall–Kier alpha value is -4.64. The molecule has 0 aliphatic carbocycles. The monoisotopic (exact) mass is 402 g/mol. The summed E-state index contributed by atoms with van der Waals surface area (Å²) in [6.45, 7) is 0. The summed E-state index contributed by atoms with van der Waals surface area (Å²) in [7, 11) is 0. The molecule has 3 aromatic carbocycles. The van der Waals surface area contributed by atoms with Crippen molar-refractivity contribution in [3.63, 3.8) is 0 Å². The molecule has 0 radical (unpaired) electrons. The molecule has 0 fully saturated rings. The number of carbonyl (C=O) groups excluding carboxylic acids is 1. The Bertz CT molecular complexity index is 1200. The van der Waals surface area contributed by atoms with Crippen molar-refractivity contribution in [3.05, 3.63) is 89.0 Å². The number of nitrogens with one attached hydrogen (secondary N) is 1. The second kappa shape index (κ2) is 8.58. The van der Waals surface area contributed by atoms with E-state index in [-0.39, 0.29) is 22.6 Å². The van der Waals surface area contributed by atoms with Gasteiger partial charge in [0.25, 0.3) is 5.91 Å². The van der Waals surface area contributed by atoms with E-state index in [2.05, 4.69) is 5.32 Å². The van der Waals surface area contributed by atoms with Gasteiger partial charge in [-0.15, -0.1) is 0 Å². The van der Waals surface area contributed by atoms with Crippen LogP contribution in [0.15, 0.2) is 66.7 Å². The number of hydrogen-bond donors (Lipinski definition) is 3. The van der Waals surface area contributed by atoms with Crippen molar-refractivity contribution < 1.29 is 29.3 Å². The largest absolute Gasteiger partial charge is 0.478 e. The van der Waals surface area contributed by atoms with Gasteiger partial charge in [0, 0.05) is 5.56 Å². The van der Waals surface area contributed by atoms with Crippen LogP contribution < -0.4 is 10.1 Å². The lowest BCUT2D eigenvalue weighted by atomic mass is 10.1. The highest BCUT2D eigenvalue weighted by Gasteiger charge is 2.18. The normalized spacial score (nSPS) is 9.97. The lowest BCUT2D eigenvalue weighted by molar-refractivity contribution is 0.0651. The van der Waals surface area contributed by atoms with Gasteiger partial charge in [-0.25, -0.2) is 9.59 Å². The third-order valence-electron chi connectivity index (χ3n) is 4.07. The first-order valence-corrected chi connectivity index (χ1v) is 8.58. The van der Waals surface area contributed by atoms with E-state index in [1.165, 1.54) is 12.1 Å². The van der Waals surface area contributed by atoms with E-state index >= 15 is 0 Å². The van der Waals surface area contributed by atoms with Crippen LogP contribution in [0.25, 0.3) is 0 Å². The highest BCUT2D eigenvalue weighted by Crippen LogP contribution is 2.31. The number of amides is 1. The molecule has 8 nitrogen and oxygen atoms in total. The number of para-hydroxylation sites is 2. The first kappa shape index (κ1) is 20.1. The highest BCUT2D eigenvalue weighted by molar-refractivity contribution is 6.05. The summed E-state index contributed by atoms with van der Waals surface area (Å²) in [6.07, 6.45) is 0. The summed E-state index contributed by atoms with van der Waals surface area (Å²) < 4.78 is 5.69. The molecule has 0 aliphatic heterocycles. The molecule has 30 heavy (non-hydrogen) atoms. The van der Waals surface area contributed by atoms with Crippen molar-refractivity contribution in [2.24, 2.45) is 0 Å². The molecule has 3 N–H and O–H groups in total. The van der Waals surface area contributed by atoms with Gasteiger partial charge in [-0.3, -0.25) is 4.79 Å². The molecule has 0 saturated carbocycles. The smallest absolute Gasteiger partial charge is 0.336 e. The lowest BCUT2D eigenvalue weighted by Gasteiger charge is -2.13. The quantitative estimate of drug-likeness (QED) is 0.567. The van der Waals surface area contributed by atoms with Crippen LogP contribution in [-0.4, -0.2) is 28.1 Å². The number of carbonyl (C=O) groups is 3. The minimum atomic E-state index is -1.41. The molecule has 0 bridgehead atoms. The number of nitriles is 1. The number of hydrogen-bond acceptors (Lipinski definition) is 5. The van der Waals surface area contributed by atoms with Crippen molar-refractivity contribution in [3.8, 4) is 17.6 Å². The summed E-state index contributed by atoms with van der Waals surface area (Å²) >= 11 is 0. The van der Waals surface area contributed by atoms with Crippen LogP contribution in [0, 0.1) is 11.3 Å². The van der Waals surface area contributed by atoms with E-state index in [0.29, 0.717) is 11.3 Å². The summed E-state index contributed by atoms with van der Waals surface area (Å²) in [5.74, 6) is -2.93. The average molecular weight is 402 g/mol. The van der Waals surface area contributed by atoms with Crippen molar-refractivity contribution in [1.29, 1.82) is 5.26 Å². The highest BCUT2D eigenvalue weighted by atomic mass is 16.5. The molecule has 0 aromatic heterocycles. The van der Waals surface area contributed by atoms with Gasteiger partial charge in [0.05, 0.1) is 28.4 Å². The number of carboxylic acid groups (broad SMARTS) is 2. The van der Waals surface area contributed by atoms with Gasteiger partial charge in [0.15, 0.2) is 5.75 Å². The number of anilines is 1. The molecule has 3 aromatic rings. The van der Waals surface area contributed by atoms with E-state index in [9.17, 15) is 19.5 Å². The minimum Gasteiger partial charge on any atom is -0.478 e. The van der Waals surface area contributed by atoms with Gasteiger partial charge >= 0.3 is 11.9 Å². The number of nitrogens with zero attached hydrogens (tertiary/aromatic N) is 1. The average Bonchev–Trinajstić information content (AvgIpc) is 2.74. The molecular formula is C22H14N2O6. The number of aromatic carboxylic acids is 2. The van der Waals surface area contributed by atoms with Crippen LogP contribution in [0.2, 0.25) is 0 Å². The maximum atomic E-state index is 12.5. The topological polar surface area (TPSA) is 137 Å². The molecule has 0 spiro atoms. The summed E-state index contributed by atoms with van der Waals surface area (Å²) in [5.41, 5.74) is 0.141. The van der Waals surface area contributed by atoms with Gasteiger partial charge in [-0.1, -0.05) is 18.2 Å². The van der Waals surface area contributed by atoms with Gasteiger partial charge in [-0.2, -0.15) is 5.26 Å². The van der Waals surface area contributed by atoms with E-state index in [0.717, 1.165) is 12.1 Å². The maximum absolute atomic E-state index is 12.5. The molecule has 1 amide bonds. The zero-order valence-corrected chi connectivity index (χ0v) is 15.3. The van der Waals surface area contributed by atoms with Crippen LogP contribution in [0.5, 0.6) is 11.5 Å². The third kappa shape index (κ3) is 4.43. The Morgan fingerprint density at radius 2 is 1.60 bits per heavy atom. The second-order valence-electron chi connectivity index (χ2n) is 6.06. The fourth-order valence-corrected chi connectivity index (χ4v) is 2.66. The summed E-state index contributed by atoms with van der Waals surface area (Å²) in [6, 6.07) is 18.2. The lowest BCUT2D eigenvalue weighted by Crippen LogP contribution is -2.12. The van der Waals surface area contributed by atoms with Gasteiger partial charge in [-0.05, 0) is 48.5 Å². The van der Waals surface area contributed by atoms with Crippen LogP contribution in [0.3, 0.4) is 0 Å². The Kier molecular flexibility index (Phi) is 5.75. The molecule has 0 unspecified atom stereocenters. The third-order valence-corrected chi connectivity index (χ3v) is 4.07. The maximum Gasteiger partial charge on any atom is 0.336 e. The molecular weight excluding hydrogens is 388 g/mol. The SMILES string of the molecule is N#Cc1cccc(C(=O)Nc2ccccc2Oc2ccc(C(=O)O)c(C(=O)O)c2)c1. The van der Waals surface area contributed by atoms with Crippen LogP contribution in [0.1, 0.15) is 36.6 Å². The van der Waals surface area contributed by atoms with Gasteiger partial charge < -0.3 is 20.3 Å². The number of rotatable bonds is 6. The first-order valence-electron chi connectivity index (χ1n) is 8.58. The van der Waals surface area contributed by atoms with Crippen molar-refractivity contribution in [2.45, 2.75) is 0 Å². The van der Waals surface area contributed by atoms with Gasteiger partial charge in [0.2, 0.25) is 0 Å². The van der Waals surface area contributed by atoms with Crippen molar-refractivity contribution in [1.82, 2.24) is 0 Å². The molecule has 0 heterocycles. The Morgan fingerprint density at radius 3 is 2.30 bits per heavy atom. The number of benzene rings is 3. The number of carboxylic acids is 2. The predicted octanol–water partition coefficient (Wildman–Crippen LogP) is 4.00. The molecule has 8 heteroatoms. The molecule has 0 saturated heterocycles. The zero-order valence-electron chi connectivity index (χ0n) is 15.3. The fraction of sp³-hybridized carbons (Fsp3) is 0. The Balaban J connectivity index is 1.88. The zero-order chi connectivity index (χ0) is 21.7. The second-order valence-corrected chi connectivity index (χ2v) is 6.06. The standard InChI is InChI=1S/C22H14N2O6/c23-12-13-4-3-5-14(10-13)20(25)24-18-6-1-2-7-19(18)30-15-8-9-16(21(26)27)17(11-15)22(28)29/h1-11H,(H,24,25)(H,26,27)(H,28,29). The predicted molar refractivity (Wildman–Crippen MR) is 106 cm³/mol. The fourth-order valence-electron chi connectivity index (χ4n) is 2.66. The van der Waals surface area contributed by atoms with Crippen molar-refractivity contribution >= 4 is 23.5 Å². The van der Waals surface area contributed by atoms with E-state index in [1.54, 1.807) is 42.5 Å². The summed E-state index contributed by atoms with van der Waals surface area (Å²) in [4.78, 5) is 35.1. The van der Waals surface area contributed by atoms with E-state index < -0.39 is 23.4 Å². The van der Waals surface area contributed by atoms with Crippen LogP contribution in [0.4, 0.5) is 5.69 Å². The molecule has 0 aliphatic rings. The molecule has 3 rings (SSSR count). The van der Waals surface area contributed by atoms with E-state index in [4.69, 9.17) is 15.1 Å².